The first-order chi connectivity index (χ1) is 17.6. The lowest BCUT2D eigenvalue weighted by molar-refractivity contribution is -0.384. The van der Waals surface area contributed by atoms with Crippen LogP contribution in [-0.4, -0.2) is 66.1 Å². The third kappa shape index (κ3) is 8.41. The van der Waals surface area contributed by atoms with Gasteiger partial charge in [-0.25, -0.2) is 0 Å². The molecule has 0 aliphatic carbocycles. The smallest absolute Gasteiger partial charge is 0.306 e. The van der Waals surface area contributed by atoms with Crippen molar-refractivity contribution >= 4 is 29.6 Å². The van der Waals surface area contributed by atoms with E-state index in [1.807, 2.05) is 0 Å². The van der Waals surface area contributed by atoms with Crippen LogP contribution in [0.1, 0.15) is 53.4 Å². The zero-order chi connectivity index (χ0) is 27.5. The van der Waals surface area contributed by atoms with Crippen LogP contribution in [0, 0.1) is 10.1 Å². The van der Waals surface area contributed by atoms with Gasteiger partial charge in [-0.3, -0.25) is 29.3 Å². The molecule has 1 aromatic carbocycles. The van der Waals surface area contributed by atoms with Crippen molar-refractivity contribution in [2.75, 3.05) is 6.61 Å². The second-order valence-corrected chi connectivity index (χ2v) is 7.87. The predicted octanol–water partition coefficient (Wildman–Crippen LogP) is 2.62. The fourth-order valence-electron chi connectivity index (χ4n) is 3.28. The van der Waals surface area contributed by atoms with E-state index in [0.29, 0.717) is 0 Å². The molecule has 0 saturated carbocycles. The normalized spacial score (nSPS) is 21.4. The topological polar surface area (TPSA) is 167 Å². The highest BCUT2D eigenvalue weighted by Gasteiger charge is 2.55. The Morgan fingerprint density at radius 3 is 1.92 bits per heavy atom. The Balaban J connectivity index is 2.44. The number of nitro groups is 1. The van der Waals surface area contributed by atoms with Gasteiger partial charge in [0, 0.05) is 37.8 Å². The Bertz CT molecular complexity index is 963. The van der Waals surface area contributed by atoms with E-state index in [0.717, 1.165) is 0 Å². The van der Waals surface area contributed by atoms with E-state index >= 15 is 0 Å². The first kappa shape index (κ1) is 29.5. The summed E-state index contributed by atoms with van der Waals surface area (Å²) in [6.45, 7) is 5.85. The number of ether oxygens (including phenoxy) is 6. The maximum Gasteiger partial charge on any atom is 0.306 e. The molecule has 1 aliphatic heterocycles. The van der Waals surface area contributed by atoms with Gasteiger partial charge in [-0.1, -0.05) is 27.7 Å². The first-order valence-corrected chi connectivity index (χ1v) is 11.9. The zero-order valence-electron chi connectivity index (χ0n) is 21.1. The molecule has 0 amide bonds. The van der Waals surface area contributed by atoms with Crippen LogP contribution in [0.5, 0.6) is 5.75 Å². The molecule has 0 unspecified atom stereocenters. The maximum absolute atomic E-state index is 12.3. The molecular formula is C24H31NO12. The number of carbonyl (C=O) groups excluding carboxylic acids is 4. The summed E-state index contributed by atoms with van der Waals surface area (Å²) in [6.07, 6.45) is -6.38. The molecule has 5 atom stereocenters. The molecule has 13 heteroatoms. The first-order valence-electron chi connectivity index (χ1n) is 11.9. The summed E-state index contributed by atoms with van der Waals surface area (Å²) in [7, 11) is 0. The Kier molecular flexibility index (Phi) is 11.2. The summed E-state index contributed by atoms with van der Waals surface area (Å²) in [5, 5.41) is 11.0. The highest BCUT2D eigenvalue weighted by atomic mass is 16.7. The molecule has 37 heavy (non-hydrogen) atoms. The van der Waals surface area contributed by atoms with Crippen LogP contribution in [0.3, 0.4) is 0 Å². The van der Waals surface area contributed by atoms with Crippen LogP contribution >= 0.6 is 0 Å². The molecule has 0 radical (unpaired) electrons. The number of esters is 4. The van der Waals surface area contributed by atoms with Crippen LogP contribution < -0.4 is 4.74 Å². The minimum Gasteiger partial charge on any atom is -0.462 e. The lowest BCUT2D eigenvalue weighted by atomic mass is 10.1. The van der Waals surface area contributed by atoms with Crippen molar-refractivity contribution in [2.24, 2.45) is 0 Å². The van der Waals surface area contributed by atoms with E-state index in [1.165, 1.54) is 24.3 Å². The SMILES string of the molecule is CCC(=O)OC[C@@H](OC(=O)CC)[C@H]1O[C@@H](Oc2ccc([N+](=O)[O-])cc2)[C@H](OC(=O)CC)[C@H]1OC(=O)CC. The van der Waals surface area contributed by atoms with Crippen LogP contribution in [0.4, 0.5) is 5.69 Å². The highest BCUT2D eigenvalue weighted by molar-refractivity contribution is 5.71. The molecule has 1 heterocycles. The minimum atomic E-state index is -1.36. The van der Waals surface area contributed by atoms with Gasteiger partial charge in [-0.15, -0.1) is 0 Å². The second kappa shape index (κ2) is 14.1. The molecule has 0 N–H and O–H groups in total. The van der Waals surface area contributed by atoms with Gasteiger partial charge < -0.3 is 28.4 Å². The second-order valence-electron chi connectivity index (χ2n) is 7.87. The van der Waals surface area contributed by atoms with E-state index in [9.17, 15) is 29.3 Å². The predicted molar refractivity (Wildman–Crippen MR) is 124 cm³/mol. The number of hydrogen-bond donors (Lipinski definition) is 0. The van der Waals surface area contributed by atoms with Gasteiger partial charge in [0.05, 0.1) is 4.92 Å². The number of hydrogen-bond acceptors (Lipinski definition) is 12. The van der Waals surface area contributed by atoms with Crippen molar-refractivity contribution in [3.63, 3.8) is 0 Å². The molecule has 0 aromatic heterocycles. The third-order valence-electron chi connectivity index (χ3n) is 5.25. The average Bonchev–Trinajstić information content (AvgIpc) is 3.21. The van der Waals surface area contributed by atoms with Crippen molar-refractivity contribution in [2.45, 2.75) is 84.1 Å². The van der Waals surface area contributed by atoms with E-state index in [1.54, 1.807) is 27.7 Å². The Morgan fingerprint density at radius 2 is 1.41 bits per heavy atom. The molecule has 1 aliphatic rings. The largest absolute Gasteiger partial charge is 0.462 e. The van der Waals surface area contributed by atoms with E-state index < -0.39 is 66.1 Å². The summed E-state index contributed by atoms with van der Waals surface area (Å²) in [6, 6.07) is 5.05. The lowest BCUT2D eigenvalue weighted by Gasteiger charge is -2.28. The van der Waals surface area contributed by atoms with Crippen LogP contribution in [-0.2, 0) is 42.9 Å². The van der Waals surface area contributed by atoms with Crippen molar-refractivity contribution in [1.29, 1.82) is 0 Å². The third-order valence-corrected chi connectivity index (χ3v) is 5.25. The molecule has 0 spiro atoms. The standard InChI is InChI=1S/C24H31NO12/c1-5-17(26)32-13-16(34-18(27)6-2)21-22(35-19(28)7-3)23(36-20(29)8-4)24(37-21)33-15-11-9-14(10-12-15)25(30)31/h9-12,16,21-24H,5-8,13H2,1-4H3/t16-,21-,22+,23-,24-/m1/s1. The summed E-state index contributed by atoms with van der Waals surface area (Å²) < 4.78 is 33.4. The summed E-state index contributed by atoms with van der Waals surface area (Å²) in [5.41, 5.74) is -0.175. The van der Waals surface area contributed by atoms with Crippen molar-refractivity contribution in [1.82, 2.24) is 0 Å². The van der Waals surface area contributed by atoms with Crippen LogP contribution in [0.25, 0.3) is 0 Å². The Morgan fingerprint density at radius 1 is 0.865 bits per heavy atom. The summed E-state index contributed by atoms with van der Waals surface area (Å²) >= 11 is 0. The Hall–Kier alpha value is -3.74. The minimum absolute atomic E-state index is 0.00132. The fourth-order valence-corrected chi connectivity index (χ4v) is 3.28. The summed E-state index contributed by atoms with van der Waals surface area (Å²) in [5.74, 6) is -2.37. The molecule has 204 valence electrons. The number of nitrogens with zero attached hydrogens (tertiary/aromatic N) is 1. The van der Waals surface area contributed by atoms with Crippen LogP contribution in [0.2, 0.25) is 0 Å². The van der Waals surface area contributed by atoms with Crippen LogP contribution in [0.15, 0.2) is 24.3 Å². The fraction of sp³-hybridized carbons (Fsp3) is 0.583. The molecular weight excluding hydrogens is 494 g/mol. The van der Waals surface area contributed by atoms with Crippen molar-refractivity contribution in [3.05, 3.63) is 34.4 Å². The van der Waals surface area contributed by atoms with Crippen molar-refractivity contribution < 1.29 is 52.5 Å². The van der Waals surface area contributed by atoms with Crippen molar-refractivity contribution in [3.8, 4) is 5.75 Å². The number of non-ortho nitro benzene ring substituents is 1. The van der Waals surface area contributed by atoms with Gasteiger partial charge in [0.2, 0.25) is 12.4 Å². The number of rotatable bonds is 13. The molecule has 1 fully saturated rings. The van der Waals surface area contributed by atoms with Gasteiger partial charge in [-0.05, 0) is 12.1 Å². The molecule has 2 rings (SSSR count). The van der Waals surface area contributed by atoms with Gasteiger partial charge in [0.25, 0.3) is 5.69 Å². The molecule has 0 bridgehead atoms. The van der Waals surface area contributed by atoms with Gasteiger partial charge in [-0.2, -0.15) is 0 Å². The molecule has 1 aromatic rings. The zero-order valence-corrected chi connectivity index (χ0v) is 21.1. The highest BCUT2D eigenvalue weighted by Crippen LogP contribution is 2.33. The maximum atomic E-state index is 12.3. The van der Waals surface area contributed by atoms with Gasteiger partial charge >= 0.3 is 23.9 Å². The van der Waals surface area contributed by atoms with E-state index in [-0.39, 0.29) is 37.1 Å². The van der Waals surface area contributed by atoms with Gasteiger partial charge in [0.15, 0.2) is 12.2 Å². The van der Waals surface area contributed by atoms with E-state index in [2.05, 4.69) is 0 Å². The number of nitro benzene ring substituents is 1. The molecule has 1 saturated heterocycles. The monoisotopic (exact) mass is 525 g/mol. The van der Waals surface area contributed by atoms with Gasteiger partial charge in [0.1, 0.15) is 18.5 Å². The number of benzene rings is 1. The number of carbonyl (C=O) groups is 4. The lowest BCUT2D eigenvalue weighted by Crippen LogP contribution is -2.47. The molecule has 13 nitrogen and oxygen atoms in total. The average molecular weight is 526 g/mol. The van der Waals surface area contributed by atoms with E-state index in [4.69, 9.17) is 28.4 Å². The summed E-state index contributed by atoms with van der Waals surface area (Å²) in [4.78, 5) is 58.8. The quantitative estimate of drug-likeness (QED) is 0.160. The Labute approximate surface area is 213 Å².